The van der Waals surface area contributed by atoms with Crippen LogP contribution in [0.3, 0.4) is 0 Å². The molecule has 0 bridgehead atoms. The van der Waals surface area contributed by atoms with E-state index in [9.17, 15) is 14.4 Å². The number of Topliss-reactive ketones (excluding diaryl/α,β-unsaturated/α-hetero) is 2. The van der Waals surface area contributed by atoms with Crippen molar-refractivity contribution in [2.75, 3.05) is 0 Å². The zero-order valence-corrected chi connectivity index (χ0v) is 16.9. The van der Waals surface area contributed by atoms with Crippen molar-refractivity contribution in [2.24, 2.45) is 0 Å². The van der Waals surface area contributed by atoms with Crippen molar-refractivity contribution in [3.63, 3.8) is 0 Å². The molecule has 0 spiro atoms. The molecular weight excluding hydrogens is 372 g/mol. The number of hydrogen-bond acceptors (Lipinski definition) is 6. The lowest BCUT2D eigenvalue weighted by molar-refractivity contribution is 0.0310. The van der Waals surface area contributed by atoms with Crippen LogP contribution in [0.25, 0.3) is 5.69 Å². The van der Waals surface area contributed by atoms with Gasteiger partial charge >= 0.3 is 5.97 Å². The quantitative estimate of drug-likeness (QED) is 0.508. The summed E-state index contributed by atoms with van der Waals surface area (Å²) in [7, 11) is 0. The molecule has 0 fully saturated rings. The molecule has 0 radical (unpaired) electrons. The fraction of sp³-hybridized carbons (Fsp3) is 0.286. The van der Waals surface area contributed by atoms with Crippen molar-refractivity contribution < 1.29 is 19.1 Å². The predicted molar refractivity (Wildman–Crippen MR) is 106 cm³/mol. The molecule has 0 saturated carbocycles. The van der Waals surface area contributed by atoms with Crippen LogP contribution in [0, 0.1) is 20.8 Å². The molecule has 0 saturated heterocycles. The van der Waals surface area contributed by atoms with Gasteiger partial charge in [-0.1, -0.05) is 18.2 Å². The number of hydrogen-bond donors (Lipinski definition) is 1. The fourth-order valence-corrected chi connectivity index (χ4v) is 3.24. The van der Waals surface area contributed by atoms with Gasteiger partial charge in [-0.05, 0) is 52.3 Å². The normalized spacial score (nSPS) is 11.9. The number of rotatable bonds is 6. The Labute approximate surface area is 167 Å². The van der Waals surface area contributed by atoms with Crippen LogP contribution >= 0.6 is 0 Å². The Hall–Kier alpha value is -3.55. The summed E-state index contributed by atoms with van der Waals surface area (Å²) in [5, 5.41) is 8.43. The first kappa shape index (κ1) is 20.2. The number of esters is 1. The Morgan fingerprint density at radius 1 is 1.07 bits per heavy atom. The van der Waals surface area contributed by atoms with E-state index >= 15 is 0 Å². The Kier molecular flexibility index (Phi) is 5.45. The monoisotopic (exact) mass is 394 g/mol. The molecule has 150 valence electrons. The number of ketones is 2. The molecule has 1 N–H and O–H groups in total. The van der Waals surface area contributed by atoms with E-state index in [1.165, 1.54) is 18.6 Å². The van der Waals surface area contributed by atoms with E-state index in [4.69, 9.17) is 4.74 Å². The molecule has 0 unspecified atom stereocenters. The SMILES string of the molecule is CC(=O)c1c(C)[nH]c(C(=O)[C@H](C)OC(=O)c2nn(-c3ccccc3)nc2C)c1C. The number of aromatic nitrogens is 4. The summed E-state index contributed by atoms with van der Waals surface area (Å²) < 4.78 is 5.34. The van der Waals surface area contributed by atoms with Crippen molar-refractivity contribution in [2.45, 2.75) is 40.7 Å². The lowest BCUT2D eigenvalue weighted by Gasteiger charge is -2.11. The largest absolute Gasteiger partial charge is 0.449 e. The molecule has 2 aromatic heterocycles. The Morgan fingerprint density at radius 2 is 1.72 bits per heavy atom. The van der Waals surface area contributed by atoms with Crippen LogP contribution in [-0.2, 0) is 4.74 Å². The average Bonchev–Trinajstić information content (AvgIpc) is 3.21. The zero-order valence-electron chi connectivity index (χ0n) is 16.9. The van der Waals surface area contributed by atoms with Gasteiger partial charge < -0.3 is 9.72 Å². The second kappa shape index (κ2) is 7.83. The average molecular weight is 394 g/mol. The van der Waals surface area contributed by atoms with E-state index in [1.54, 1.807) is 20.8 Å². The smallest absolute Gasteiger partial charge is 0.361 e. The molecule has 2 heterocycles. The van der Waals surface area contributed by atoms with E-state index in [0.717, 1.165) is 0 Å². The molecule has 1 aromatic carbocycles. The maximum Gasteiger partial charge on any atom is 0.361 e. The van der Waals surface area contributed by atoms with Crippen LogP contribution in [0.15, 0.2) is 30.3 Å². The highest BCUT2D eigenvalue weighted by Crippen LogP contribution is 2.21. The second-order valence-electron chi connectivity index (χ2n) is 6.85. The van der Waals surface area contributed by atoms with Crippen LogP contribution < -0.4 is 0 Å². The highest BCUT2D eigenvalue weighted by Gasteiger charge is 2.28. The molecule has 3 rings (SSSR count). The highest BCUT2D eigenvalue weighted by molar-refractivity contribution is 6.05. The molecule has 1 atom stereocenters. The summed E-state index contributed by atoms with van der Waals surface area (Å²) in [4.78, 5) is 41.4. The number of nitrogens with one attached hydrogen (secondary N) is 1. The van der Waals surface area contributed by atoms with Gasteiger partial charge in [0.25, 0.3) is 0 Å². The summed E-state index contributed by atoms with van der Waals surface area (Å²) in [5.74, 6) is -1.29. The highest BCUT2D eigenvalue weighted by atomic mass is 16.5. The summed E-state index contributed by atoms with van der Waals surface area (Å²) in [5.41, 5.74) is 3.04. The summed E-state index contributed by atoms with van der Waals surface area (Å²) >= 11 is 0. The maximum atomic E-state index is 12.8. The van der Waals surface area contributed by atoms with E-state index in [1.807, 2.05) is 30.3 Å². The molecule has 0 aliphatic rings. The second-order valence-corrected chi connectivity index (χ2v) is 6.85. The molecule has 0 amide bonds. The van der Waals surface area contributed by atoms with Crippen LogP contribution in [0.5, 0.6) is 0 Å². The van der Waals surface area contributed by atoms with Crippen molar-refractivity contribution >= 4 is 17.5 Å². The lowest BCUT2D eigenvalue weighted by Crippen LogP contribution is -2.26. The minimum absolute atomic E-state index is 0.0392. The van der Waals surface area contributed by atoms with E-state index in [2.05, 4.69) is 15.2 Å². The minimum atomic E-state index is -1.06. The lowest BCUT2D eigenvalue weighted by atomic mass is 10.0. The summed E-state index contributed by atoms with van der Waals surface area (Å²) in [6.45, 7) is 7.99. The first-order valence-electron chi connectivity index (χ1n) is 9.15. The zero-order chi connectivity index (χ0) is 21.3. The number of aryl methyl sites for hydroxylation is 2. The van der Waals surface area contributed by atoms with Crippen LogP contribution in [0.2, 0.25) is 0 Å². The van der Waals surface area contributed by atoms with Crippen LogP contribution in [0.1, 0.15) is 62.1 Å². The topological polar surface area (TPSA) is 107 Å². The van der Waals surface area contributed by atoms with Gasteiger partial charge in [-0.2, -0.15) is 9.90 Å². The van der Waals surface area contributed by atoms with Gasteiger partial charge in [0.15, 0.2) is 17.6 Å². The number of aromatic amines is 1. The van der Waals surface area contributed by atoms with Gasteiger partial charge in [0, 0.05) is 11.3 Å². The molecule has 8 heteroatoms. The number of H-pyrrole nitrogens is 1. The number of benzene rings is 1. The molecular formula is C21H22N4O4. The number of ether oxygens (including phenoxy) is 1. The fourth-order valence-electron chi connectivity index (χ4n) is 3.24. The standard InChI is InChI=1S/C21H22N4O4/c1-11-17(14(4)26)12(2)22-18(11)20(27)15(5)29-21(28)19-13(3)23-25(24-19)16-9-7-6-8-10-16/h6-10,15,22H,1-5H3/t15-/m0/s1. The number of carbonyl (C=O) groups is 3. The predicted octanol–water partition coefficient (Wildman–Crippen LogP) is 3.15. The number of para-hydroxylation sites is 1. The van der Waals surface area contributed by atoms with Gasteiger partial charge in [0.05, 0.1) is 17.1 Å². The Morgan fingerprint density at radius 3 is 2.31 bits per heavy atom. The van der Waals surface area contributed by atoms with E-state index in [0.29, 0.717) is 28.2 Å². The van der Waals surface area contributed by atoms with Gasteiger partial charge in [0.1, 0.15) is 0 Å². The molecule has 8 nitrogen and oxygen atoms in total. The number of carbonyl (C=O) groups excluding carboxylic acids is 3. The van der Waals surface area contributed by atoms with Crippen molar-refractivity contribution in [3.05, 3.63) is 64.2 Å². The molecule has 3 aromatic rings. The van der Waals surface area contributed by atoms with Crippen molar-refractivity contribution in [1.29, 1.82) is 0 Å². The van der Waals surface area contributed by atoms with Crippen LogP contribution in [-0.4, -0.2) is 43.6 Å². The van der Waals surface area contributed by atoms with Crippen LogP contribution in [0.4, 0.5) is 0 Å². The molecule has 29 heavy (non-hydrogen) atoms. The van der Waals surface area contributed by atoms with Crippen molar-refractivity contribution in [1.82, 2.24) is 20.0 Å². The summed E-state index contributed by atoms with van der Waals surface area (Å²) in [6, 6.07) is 9.16. The molecule has 0 aliphatic carbocycles. The Bertz CT molecular complexity index is 1100. The minimum Gasteiger partial charge on any atom is -0.449 e. The summed E-state index contributed by atoms with van der Waals surface area (Å²) in [6.07, 6.45) is -1.06. The first-order chi connectivity index (χ1) is 13.7. The Balaban J connectivity index is 1.79. The van der Waals surface area contributed by atoms with E-state index < -0.39 is 17.9 Å². The number of nitrogens with zero attached hydrogens (tertiary/aromatic N) is 3. The van der Waals surface area contributed by atoms with Gasteiger partial charge in [0.2, 0.25) is 5.78 Å². The van der Waals surface area contributed by atoms with Gasteiger partial charge in [-0.3, -0.25) is 9.59 Å². The molecule has 0 aliphatic heterocycles. The third kappa shape index (κ3) is 3.87. The third-order valence-electron chi connectivity index (χ3n) is 4.65. The first-order valence-corrected chi connectivity index (χ1v) is 9.15. The van der Waals surface area contributed by atoms with Crippen molar-refractivity contribution in [3.8, 4) is 5.69 Å². The van der Waals surface area contributed by atoms with E-state index in [-0.39, 0.29) is 17.2 Å². The van der Waals surface area contributed by atoms with Gasteiger partial charge in [-0.15, -0.1) is 5.10 Å². The maximum absolute atomic E-state index is 12.8. The third-order valence-corrected chi connectivity index (χ3v) is 4.65. The van der Waals surface area contributed by atoms with Gasteiger partial charge in [-0.25, -0.2) is 4.79 Å².